The van der Waals surface area contributed by atoms with Crippen molar-refractivity contribution in [3.05, 3.63) is 23.9 Å². The second-order valence-electron chi connectivity index (χ2n) is 5.04. The van der Waals surface area contributed by atoms with Gasteiger partial charge in [-0.25, -0.2) is 9.98 Å². The number of nitrogens with one attached hydrogen (secondary N) is 1. The highest BCUT2D eigenvalue weighted by atomic mass is 16.5. The van der Waals surface area contributed by atoms with Gasteiger partial charge in [-0.2, -0.15) is 0 Å². The molecule has 3 rings (SSSR count). The first kappa shape index (κ1) is 13.8. The monoisotopic (exact) mass is 289 g/mol. The Kier molecular flexibility index (Phi) is 3.76. The van der Waals surface area contributed by atoms with Crippen LogP contribution in [-0.4, -0.2) is 53.4 Å². The fourth-order valence-corrected chi connectivity index (χ4v) is 2.61. The van der Waals surface area contributed by atoms with Gasteiger partial charge in [0.2, 0.25) is 0 Å². The van der Waals surface area contributed by atoms with Crippen LogP contribution in [0.25, 0.3) is 0 Å². The summed E-state index contributed by atoms with van der Waals surface area (Å²) in [4.78, 5) is 32.2. The molecule has 110 valence electrons. The molecule has 7 heteroatoms. The molecular formula is C14H15N3O4. The molecule has 0 aliphatic carbocycles. The van der Waals surface area contributed by atoms with Gasteiger partial charge in [0.15, 0.2) is 17.5 Å². The van der Waals surface area contributed by atoms with Gasteiger partial charge in [0, 0.05) is 30.9 Å². The molecule has 2 unspecified atom stereocenters. The quantitative estimate of drug-likeness (QED) is 0.783. The topological polar surface area (TPSA) is 101 Å². The van der Waals surface area contributed by atoms with E-state index in [4.69, 9.17) is 4.74 Å². The molecule has 3 heterocycles. The Hall–Kier alpha value is -2.12. The summed E-state index contributed by atoms with van der Waals surface area (Å²) >= 11 is 0. The van der Waals surface area contributed by atoms with E-state index in [1.54, 1.807) is 12.1 Å². The number of ketones is 1. The second kappa shape index (κ2) is 5.71. The summed E-state index contributed by atoms with van der Waals surface area (Å²) in [5.74, 6) is -2.56. The molecule has 0 aromatic carbocycles. The van der Waals surface area contributed by atoms with Gasteiger partial charge in [-0.05, 0) is 12.1 Å². The normalized spacial score (nSPS) is 25.1. The first-order valence-corrected chi connectivity index (χ1v) is 6.77. The summed E-state index contributed by atoms with van der Waals surface area (Å²) in [6.07, 6.45) is 1.90. The number of ether oxygens (including phenoxy) is 1. The average molecular weight is 289 g/mol. The molecule has 2 N–H and O–H groups in total. The fourth-order valence-electron chi connectivity index (χ4n) is 2.61. The third-order valence-electron chi connectivity index (χ3n) is 3.60. The lowest BCUT2D eigenvalue weighted by Gasteiger charge is -2.27. The van der Waals surface area contributed by atoms with E-state index in [-0.39, 0.29) is 11.6 Å². The first-order chi connectivity index (χ1) is 10.2. The van der Waals surface area contributed by atoms with Crippen molar-refractivity contribution in [3.8, 4) is 0 Å². The number of pyridine rings is 1. The number of carboxylic acids is 1. The third kappa shape index (κ3) is 2.70. The van der Waals surface area contributed by atoms with Crippen LogP contribution in [0.2, 0.25) is 0 Å². The van der Waals surface area contributed by atoms with Gasteiger partial charge in [-0.15, -0.1) is 0 Å². The van der Waals surface area contributed by atoms with Crippen molar-refractivity contribution in [3.63, 3.8) is 0 Å². The lowest BCUT2D eigenvalue weighted by Crippen LogP contribution is -2.45. The molecule has 0 bridgehead atoms. The number of morpholine rings is 1. The van der Waals surface area contributed by atoms with Crippen LogP contribution in [0.1, 0.15) is 16.8 Å². The lowest BCUT2D eigenvalue weighted by molar-refractivity contribution is -0.138. The van der Waals surface area contributed by atoms with E-state index < -0.39 is 17.7 Å². The van der Waals surface area contributed by atoms with Crippen LogP contribution in [0.5, 0.6) is 0 Å². The molecule has 7 nitrogen and oxygen atoms in total. The van der Waals surface area contributed by atoms with Crippen molar-refractivity contribution in [2.75, 3.05) is 19.8 Å². The minimum atomic E-state index is -1.23. The van der Waals surface area contributed by atoms with Crippen LogP contribution >= 0.6 is 0 Å². The van der Waals surface area contributed by atoms with Crippen molar-refractivity contribution in [2.24, 2.45) is 10.9 Å². The minimum absolute atomic E-state index is 0.0302. The zero-order valence-corrected chi connectivity index (χ0v) is 11.3. The predicted octanol–water partition coefficient (Wildman–Crippen LogP) is 0.430. The summed E-state index contributed by atoms with van der Waals surface area (Å²) in [5.41, 5.74) is 0.600. The van der Waals surface area contributed by atoms with E-state index in [0.717, 1.165) is 0 Å². The molecule has 2 atom stereocenters. The minimum Gasteiger partial charge on any atom is -0.480 e. The van der Waals surface area contributed by atoms with Crippen LogP contribution in [0, 0.1) is 5.92 Å². The standard InChI is InChI=1S/C14H15N3O4/c18-12-9-2-1-3-16-13(9)17-10(11(12)14(19)20)6-8-7-21-5-4-15-8/h1-3,8,11,15H,4-7H2,(H,19,20). The second-order valence-corrected chi connectivity index (χ2v) is 5.04. The molecule has 1 saturated heterocycles. The number of carbonyl (C=O) groups excluding carboxylic acids is 1. The first-order valence-electron chi connectivity index (χ1n) is 6.77. The van der Waals surface area contributed by atoms with Gasteiger partial charge >= 0.3 is 5.97 Å². The van der Waals surface area contributed by atoms with Crippen molar-refractivity contribution in [1.29, 1.82) is 0 Å². The number of aliphatic carboxylic acids is 1. The maximum absolute atomic E-state index is 12.4. The van der Waals surface area contributed by atoms with Crippen LogP contribution in [0.3, 0.4) is 0 Å². The van der Waals surface area contributed by atoms with E-state index in [1.807, 2.05) is 0 Å². The molecule has 0 radical (unpaired) electrons. The highest BCUT2D eigenvalue weighted by Crippen LogP contribution is 2.28. The highest BCUT2D eigenvalue weighted by Gasteiger charge is 2.38. The van der Waals surface area contributed by atoms with E-state index >= 15 is 0 Å². The van der Waals surface area contributed by atoms with Crippen LogP contribution in [0.15, 0.2) is 23.3 Å². The van der Waals surface area contributed by atoms with Crippen molar-refractivity contribution < 1.29 is 19.4 Å². The van der Waals surface area contributed by atoms with Gasteiger partial charge < -0.3 is 15.2 Å². The number of hydrogen-bond donors (Lipinski definition) is 2. The lowest BCUT2D eigenvalue weighted by atomic mass is 9.87. The molecule has 0 saturated carbocycles. The zero-order valence-electron chi connectivity index (χ0n) is 11.3. The molecular weight excluding hydrogens is 274 g/mol. The van der Waals surface area contributed by atoms with Gasteiger partial charge in [0.25, 0.3) is 0 Å². The van der Waals surface area contributed by atoms with E-state index in [9.17, 15) is 14.7 Å². The van der Waals surface area contributed by atoms with Crippen molar-refractivity contribution in [2.45, 2.75) is 12.5 Å². The molecule has 21 heavy (non-hydrogen) atoms. The Morgan fingerprint density at radius 2 is 2.38 bits per heavy atom. The molecule has 1 fully saturated rings. The number of aliphatic imine (C=N–C) groups is 1. The molecule has 1 aromatic rings. The number of nitrogens with zero attached hydrogens (tertiary/aromatic N) is 2. The number of rotatable bonds is 3. The number of carbonyl (C=O) groups is 2. The van der Waals surface area contributed by atoms with Gasteiger partial charge in [0.05, 0.1) is 18.8 Å². The summed E-state index contributed by atoms with van der Waals surface area (Å²) in [6.45, 7) is 1.82. The number of aromatic nitrogens is 1. The van der Waals surface area contributed by atoms with Crippen LogP contribution in [0.4, 0.5) is 5.82 Å². The van der Waals surface area contributed by atoms with Gasteiger partial charge in [-0.1, -0.05) is 0 Å². The molecule has 0 amide bonds. The van der Waals surface area contributed by atoms with Crippen LogP contribution in [-0.2, 0) is 9.53 Å². The summed E-state index contributed by atoms with van der Waals surface area (Å²) < 4.78 is 5.35. The number of Topliss-reactive ketones (excluding diaryl/α,β-unsaturated/α-hetero) is 1. The van der Waals surface area contributed by atoms with E-state index in [2.05, 4.69) is 15.3 Å². The number of fused-ring (bicyclic) bond motifs is 1. The SMILES string of the molecule is O=C(O)C1C(=O)c2cccnc2N=C1CC1COCCN1. The Labute approximate surface area is 121 Å². The predicted molar refractivity (Wildman–Crippen MR) is 74.0 cm³/mol. The summed E-state index contributed by atoms with van der Waals surface area (Å²) in [7, 11) is 0. The molecule has 2 aliphatic rings. The highest BCUT2D eigenvalue weighted by molar-refractivity contribution is 6.27. The molecule has 2 aliphatic heterocycles. The Morgan fingerprint density at radius 1 is 1.52 bits per heavy atom. The Bertz CT molecular complexity index is 608. The van der Waals surface area contributed by atoms with Crippen molar-refractivity contribution in [1.82, 2.24) is 10.3 Å². The summed E-state index contributed by atoms with van der Waals surface area (Å²) in [6, 6.07) is 3.13. The summed E-state index contributed by atoms with van der Waals surface area (Å²) in [5, 5.41) is 12.6. The zero-order chi connectivity index (χ0) is 14.8. The average Bonchev–Trinajstić information content (AvgIpc) is 2.48. The fraction of sp³-hybridized carbons (Fsp3) is 0.429. The smallest absolute Gasteiger partial charge is 0.320 e. The number of hydrogen-bond acceptors (Lipinski definition) is 6. The Balaban J connectivity index is 1.93. The maximum Gasteiger partial charge on any atom is 0.320 e. The maximum atomic E-state index is 12.4. The van der Waals surface area contributed by atoms with E-state index in [1.165, 1.54) is 6.20 Å². The number of carboxylic acid groups (broad SMARTS) is 1. The van der Waals surface area contributed by atoms with Gasteiger partial charge in [-0.3, -0.25) is 9.59 Å². The largest absolute Gasteiger partial charge is 0.480 e. The van der Waals surface area contributed by atoms with Gasteiger partial charge in [0.1, 0.15) is 0 Å². The third-order valence-corrected chi connectivity index (χ3v) is 3.60. The Morgan fingerprint density at radius 3 is 3.10 bits per heavy atom. The van der Waals surface area contributed by atoms with Crippen LogP contribution < -0.4 is 5.32 Å². The molecule has 0 spiro atoms. The molecule has 1 aromatic heterocycles. The van der Waals surface area contributed by atoms with Crippen molar-refractivity contribution >= 4 is 23.3 Å². The van der Waals surface area contributed by atoms with E-state index in [0.29, 0.717) is 37.7 Å².